The molecule has 0 N–H and O–H groups in total. The van der Waals surface area contributed by atoms with Gasteiger partial charge >= 0.3 is 0 Å². The maximum absolute atomic E-state index is 12.3. The van der Waals surface area contributed by atoms with Crippen LogP contribution in [0.5, 0.6) is 0 Å². The van der Waals surface area contributed by atoms with Gasteiger partial charge in [-0.3, -0.25) is 4.79 Å². The normalized spacial score (nSPS) is 10.3. The van der Waals surface area contributed by atoms with E-state index in [-0.39, 0.29) is 5.78 Å². The molecular formula is C16H16ClNO. The van der Waals surface area contributed by atoms with Gasteiger partial charge in [0.1, 0.15) is 0 Å². The molecule has 2 aromatic rings. The minimum atomic E-state index is 0.0804. The Balaban J connectivity index is 2.21. The molecule has 0 fully saturated rings. The molecule has 3 heteroatoms. The summed E-state index contributed by atoms with van der Waals surface area (Å²) >= 11 is 6.08. The largest absolute Gasteiger partial charge is 0.378 e. The second kappa shape index (κ2) is 5.89. The van der Waals surface area contributed by atoms with Crippen molar-refractivity contribution < 1.29 is 4.79 Å². The summed E-state index contributed by atoms with van der Waals surface area (Å²) in [7, 11) is 3.91. The lowest BCUT2D eigenvalue weighted by molar-refractivity contribution is 0.0993. The Morgan fingerprint density at radius 2 is 1.84 bits per heavy atom. The number of carbonyl (C=O) groups is 1. The van der Waals surface area contributed by atoms with Crippen molar-refractivity contribution in [2.24, 2.45) is 0 Å². The van der Waals surface area contributed by atoms with Gasteiger partial charge < -0.3 is 4.90 Å². The Hall–Kier alpha value is -1.80. The minimum absolute atomic E-state index is 0.0804. The number of carbonyl (C=O) groups excluding carboxylic acids is 1. The van der Waals surface area contributed by atoms with Crippen LogP contribution in [0.2, 0.25) is 5.02 Å². The van der Waals surface area contributed by atoms with Crippen molar-refractivity contribution in [3.05, 3.63) is 64.7 Å². The van der Waals surface area contributed by atoms with Gasteiger partial charge in [0.25, 0.3) is 0 Å². The molecule has 0 aliphatic rings. The van der Waals surface area contributed by atoms with Gasteiger partial charge in [0.05, 0.1) is 0 Å². The Morgan fingerprint density at radius 3 is 2.53 bits per heavy atom. The summed E-state index contributed by atoms with van der Waals surface area (Å²) in [5, 5.41) is 0.639. The quantitative estimate of drug-likeness (QED) is 0.789. The molecule has 0 saturated heterocycles. The fraction of sp³-hybridized carbons (Fsp3) is 0.188. The predicted molar refractivity (Wildman–Crippen MR) is 80.3 cm³/mol. The zero-order chi connectivity index (χ0) is 13.8. The first-order valence-electron chi connectivity index (χ1n) is 6.12. The second-order valence-electron chi connectivity index (χ2n) is 4.64. The molecule has 0 aliphatic carbocycles. The van der Waals surface area contributed by atoms with E-state index in [0.29, 0.717) is 17.0 Å². The molecule has 0 atom stereocenters. The van der Waals surface area contributed by atoms with Crippen LogP contribution in [0, 0.1) is 0 Å². The molecule has 98 valence electrons. The zero-order valence-electron chi connectivity index (χ0n) is 11.1. The van der Waals surface area contributed by atoms with Crippen molar-refractivity contribution in [3.63, 3.8) is 0 Å². The minimum Gasteiger partial charge on any atom is -0.378 e. The number of rotatable bonds is 4. The molecule has 0 saturated carbocycles. The van der Waals surface area contributed by atoms with Crippen LogP contribution in [0.1, 0.15) is 15.9 Å². The lowest BCUT2D eigenvalue weighted by atomic mass is 10.0. The highest BCUT2D eigenvalue weighted by molar-refractivity contribution is 6.31. The molecule has 0 heterocycles. The van der Waals surface area contributed by atoms with E-state index in [0.717, 1.165) is 11.3 Å². The number of hydrogen-bond donors (Lipinski definition) is 0. The van der Waals surface area contributed by atoms with Crippen molar-refractivity contribution in [2.45, 2.75) is 6.42 Å². The molecule has 2 nitrogen and oxygen atoms in total. The molecule has 0 spiro atoms. The molecule has 0 bridgehead atoms. The summed E-state index contributed by atoms with van der Waals surface area (Å²) < 4.78 is 0. The van der Waals surface area contributed by atoms with Crippen LogP contribution >= 0.6 is 11.6 Å². The van der Waals surface area contributed by atoms with Crippen LogP contribution in [0.25, 0.3) is 0 Å². The number of Topliss-reactive ketones (excluding diaryl/α,β-unsaturated/α-hetero) is 1. The fourth-order valence-electron chi connectivity index (χ4n) is 1.87. The third-order valence-electron chi connectivity index (χ3n) is 2.99. The van der Waals surface area contributed by atoms with Crippen molar-refractivity contribution >= 4 is 23.1 Å². The standard InChI is InChI=1S/C16H16ClNO/c1-18(2)14-8-5-7-13(10-14)16(19)11-12-6-3-4-9-15(12)17/h3-10H,11H2,1-2H3. The van der Waals surface area contributed by atoms with E-state index in [1.165, 1.54) is 0 Å². The van der Waals surface area contributed by atoms with Crippen LogP contribution in [-0.2, 0) is 6.42 Å². The average Bonchev–Trinajstić information content (AvgIpc) is 2.41. The van der Waals surface area contributed by atoms with Gasteiger partial charge in [-0.25, -0.2) is 0 Å². The average molecular weight is 274 g/mol. The fourth-order valence-corrected chi connectivity index (χ4v) is 2.08. The summed E-state index contributed by atoms with van der Waals surface area (Å²) in [4.78, 5) is 14.2. The van der Waals surface area contributed by atoms with Gasteiger partial charge in [-0.05, 0) is 23.8 Å². The lowest BCUT2D eigenvalue weighted by Crippen LogP contribution is -2.10. The maximum Gasteiger partial charge on any atom is 0.167 e. The highest BCUT2D eigenvalue weighted by Gasteiger charge is 2.10. The van der Waals surface area contributed by atoms with E-state index < -0.39 is 0 Å². The summed E-state index contributed by atoms with van der Waals surface area (Å²) in [5.74, 6) is 0.0804. The van der Waals surface area contributed by atoms with Gasteiger partial charge in [-0.1, -0.05) is 41.9 Å². The molecule has 0 aliphatic heterocycles. The predicted octanol–water partition coefficient (Wildman–Crippen LogP) is 3.83. The number of anilines is 1. The van der Waals surface area contributed by atoms with E-state index in [2.05, 4.69) is 0 Å². The molecule has 2 rings (SSSR count). The van der Waals surface area contributed by atoms with Crippen LogP contribution < -0.4 is 4.90 Å². The number of nitrogens with zero attached hydrogens (tertiary/aromatic N) is 1. The van der Waals surface area contributed by atoms with Crippen LogP contribution in [0.15, 0.2) is 48.5 Å². The summed E-state index contributed by atoms with van der Waals surface area (Å²) in [6.07, 6.45) is 0.330. The Labute approximate surface area is 118 Å². The zero-order valence-corrected chi connectivity index (χ0v) is 11.8. The van der Waals surface area contributed by atoms with Crippen LogP contribution in [0.3, 0.4) is 0 Å². The van der Waals surface area contributed by atoms with Gasteiger partial charge in [0.2, 0.25) is 0 Å². The summed E-state index contributed by atoms with van der Waals surface area (Å²) in [6.45, 7) is 0. The third-order valence-corrected chi connectivity index (χ3v) is 3.36. The topological polar surface area (TPSA) is 20.3 Å². The molecule has 0 unspecified atom stereocenters. The van der Waals surface area contributed by atoms with Crippen molar-refractivity contribution in [1.29, 1.82) is 0 Å². The SMILES string of the molecule is CN(C)c1cccc(C(=O)Cc2ccccc2Cl)c1. The maximum atomic E-state index is 12.3. The van der Waals surface area contributed by atoms with Gasteiger partial charge in [0.15, 0.2) is 5.78 Å². The third kappa shape index (κ3) is 3.36. The van der Waals surface area contributed by atoms with Crippen LogP contribution in [0.4, 0.5) is 5.69 Å². The number of ketones is 1. The second-order valence-corrected chi connectivity index (χ2v) is 5.04. The Morgan fingerprint density at radius 1 is 1.11 bits per heavy atom. The van der Waals surface area contributed by atoms with E-state index in [4.69, 9.17) is 11.6 Å². The molecule has 19 heavy (non-hydrogen) atoms. The first-order chi connectivity index (χ1) is 9.08. The number of halogens is 1. The van der Waals surface area contributed by atoms with Gasteiger partial charge in [-0.15, -0.1) is 0 Å². The highest BCUT2D eigenvalue weighted by atomic mass is 35.5. The summed E-state index contributed by atoms with van der Waals surface area (Å²) in [5.41, 5.74) is 2.60. The molecule has 0 amide bonds. The molecule has 0 radical (unpaired) electrons. The lowest BCUT2D eigenvalue weighted by Gasteiger charge is -2.13. The van der Waals surface area contributed by atoms with E-state index >= 15 is 0 Å². The van der Waals surface area contributed by atoms with Gasteiger partial charge in [-0.2, -0.15) is 0 Å². The number of benzene rings is 2. The molecular weight excluding hydrogens is 258 g/mol. The molecule has 0 aromatic heterocycles. The monoisotopic (exact) mass is 273 g/mol. The van der Waals surface area contributed by atoms with Crippen molar-refractivity contribution in [1.82, 2.24) is 0 Å². The van der Waals surface area contributed by atoms with Gasteiger partial charge in [0, 0.05) is 36.8 Å². The highest BCUT2D eigenvalue weighted by Crippen LogP contribution is 2.19. The van der Waals surface area contributed by atoms with E-state index in [1.54, 1.807) is 6.07 Å². The van der Waals surface area contributed by atoms with E-state index in [9.17, 15) is 4.79 Å². The van der Waals surface area contributed by atoms with Crippen molar-refractivity contribution in [3.8, 4) is 0 Å². The Bertz CT molecular complexity index is 593. The first kappa shape index (κ1) is 13.6. The molecule has 2 aromatic carbocycles. The Kier molecular flexibility index (Phi) is 4.23. The van der Waals surface area contributed by atoms with Crippen LogP contribution in [-0.4, -0.2) is 19.9 Å². The summed E-state index contributed by atoms with van der Waals surface area (Å²) in [6, 6.07) is 15.1. The van der Waals surface area contributed by atoms with Crippen molar-refractivity contribution in [2.75, 3.05) is 19.0 Å². The smallest absolute Gasteiger partial charge is 0.167 e. The first-order valence-corrected chi connectivity index (χ1v) is 6.49. The number of hydrogen-bond acceptors (Lipinski definition) is 2. The van der Waals surface area contributed by atoms with E-state index in [1.807, 2.05) is 61.5 Å².